The molecule has 8 heteroatoms. The number of nitrogens with zero attached hydrogens (tertiary/aromatic N) is 1. The fourth-order valence-electron chi connectivity index (χ4n) is 2.89. The van der Waals surface area contributed by atoms with Gasteiger partial charge in [-0.1, -0.05) is 18.2 Å². The van der Waals surface area contributed by atoms with Crippen molar-refractivity contribution in [2.24, 2.45) is 5.92 Å². The zero-order valence-corrected chi connectivity index (χ0v) is 14.2. The van der Waals surface area contributed by atoms with Crippen molar-refractivity contribution in [3.63, 3.8) is 0 Å². The molecule has 2 N–H and O–H groups in total. The van der Waals surface area contributed by atoms with Crippen LogP contribution in [0.4, 0.5) is 18.3 Å². The smallest absolute Gasteiger partial charge is 0.316 e. The van der Waals surface area contributed by atoms with Crippen molar-refractivity contribution < 1.29 is 18.0 Å². The van der Waals surface area contributed by atoms with E-state index in [-0.39, 0.29) is 17.2 Å². The van der Waals surface area contributed by atoms with E-state index < -0.39 is 11.7 Å². The Morgan fingerprint density at radius 2 is 2.16 bits per heavy atom. The highest BCUT2D eigenvalue weighted by Crippen LogP contribution is 2.37. The van der Waals surface area contributed by atoms with E-state index in [9.17, 15) is 18.0 Å². The van der Waals surface area contributed by atoms with Crippen molar-refractivity contribution >= 4 is 22.4 Å². The van der Waals surface area contributed by atoms with Crippen LogP contribution < -0.4 is 10.6 Å². The van der Waals surface area contributed by atoms with Gasteiger partial charge in [0.25, 0.3) is 0 Å². The summed E-state index contributed by atoms with van der Waals surface area (Å²) in [6.07, 6.45) is -2.18. The summed E-state index contributed by atoms with van der Waals surface area (Å²) >= 11 is 1.13. The Bertz CT molecular complexity index is 739. The SMILES string of the molecule is O=C(CCC1CCNC1)Nc1nc(-c2ccccc2C(F)(F)F)cs1. The lowest BCUT2D eigenvalue weighted by Crippen LogP contribution is -2.14. The monoisotopic (exact) mass is 369 g/mol. The van der Waals surface area contributed by atoms with Gasteiger partial charge in [-0.3, -0.25) is 4.79 Å². The second-order valence-electron chi connectivity index (χ2n) is 6.03. The number of hydrogen-bond donors (Lipinski definition) is 2. The standard InChI is InChI=1S/C17H18F3N3OS/c18-17(19,20)13-4-2-1-3-12(13)14-10-25-16(22-14)23-15(24)6-5-11-7-8-21-9-11/h1-4,10-11,21H,5-9H2,(H,22,23,24). The molecule has 0 bridgehead atoms. The van der Waals surface area contributed by atoms with Gasteiger partial charge in [0.05, 0.1) is 11.3 Å². The minimum absolute atomic E-state index is 0.0174. The Morgan fingerprint density at radius 1 is 1.36 bits per heavy atom. The molecule has 1 saturated heterocycles. The number of thiazole rings is 1. The summed E-state index contributed by atoms with van der Waals surface area (Å²) in [5.74, 6) is 0.355. The second-order valence-corrected chi connectivity index (χ2v) is 6.89. The third-order valence-electron chi connectivity index (χ3n) is 4.20. The molecule has 1 aliphatic heterocycles. The topological polar surface area (TPSA) is 54.0 Å². The van der Waals surface area contributed by atoms with E-state index in [1.807, 2.05) is 0 Å². The summed E-state index contributed by atoms with van der Waals surface area (Å²) in [7, 11) is 0. The summed E-state index contributed by atoms with van der Waals surface area (Å²) in [5.41, 5.74) is -0.496. The number of carbonyl (C=O) groups excluding carboxylic acids is 1. The number of aromatic nitrogens is 1. The molecule has 2 heterocycles. The average molecular weight is 369 g/mol. The molecule has 1 atom stereocenters. The molecule has 2 aromatic rings. The number of hydrogen-bond acceptors (Lipinski definition) is 4. The molecule has 4 nitrogen and oxygen atoms in total. The maximum Gasteiger partial charge on any atom is 0.417 e. The summed E-state index contributed by atoms with van der Waals surface area (Å²) in [6.45, 7) is 1.92. The summed E-state index contributed by atoms with van der Waals surface area (Å²) in [6, 6.07) is 5.30. The van der Waals surface area contributed by atoms with Gasteiger partial charge < -0.3 is 10.6 Å². The molecule has 0 radical (unpaired) electrons. The molecule has 1 unspecified atom stereocenters. The lowest BCUT2D eigenvalue weighted by atomic mass is 10.0. The Hall–Kier alpha value is -1.93. The molecule has 1 aromatic heterocycles. The van der Waals surface area contributed by atoms with Gasteiger partial charge in [0.1, 0.15) is 0 Å². The first-order chi connectivity index (χ1) is 11.9. The first-order valence-electron chi connectivity index (χ1n) is 8.06. The van der Waals surface area contributed by atoms with Crippen LogP contribution in [0, 0.1) is 5.92 Å². The number of carbonyl (C=O) groups is 1. The molecule has 1 aromatic carbocycles. The summed E-state index contributed by atoms with van der Waals surface area (Å²) in [4.78, 5) is 16.1. The van der Waals surface area contributed by atoms with E-state index in [1.165, 1.54) is 23.6 Å². The van der Waals surface area contributed by atoms with E-state index in [1.54, 1.807) is 0 Å². The van der Waals surface area contributed by atoms with E-state index >= 15 is 0 Å². The molecule has 0 spiro atoms. The van der Waals surface area contributed by atoms with Crippen LogP contribution >= 0.6 is 11.3 Å². The molecule has 1 amide bonds. The van der Waals surface area contributed by atoms with Crippen LogP contribution in [0.2, 0.25) is 0 Å². The Morgan fingerprint density at radius 3 is 2.88 bits per heavy atom. The molecule has 3 rings (SSSR count). The fourth-order valence-corrected chi connectivity index (χ4v) is 3.61. The highest BCUT2D eigenvalue weighted by atomic mass is 32.1. The van der Waals surface area contributed by atoms with E-state index in [4.69, 9.17) is 0 Å². The molecular formula is C17H18F3N3OS. The Labute approximate surface area is 147 Å². The quantitative estimate of drug-likeness (QED) is 0.832. The number of nitrogens with one attached hydrogen (secondary N) is 2. The van der Waals surface area contributed by atoms with Crippen molar-refractivity contribution in [2.45, 2.75) is 25.4 Å². The van der Waals surface area contributed by atoms with Crippen molar-refractivity contribution in [3.05, 3.63) is 35.2 Å². The summed E-state index contributed by atoms with van der Waals surface area (Å²) in [5, 5.41) is 7.78. The van der Waals surface area contributed by atoms with Crippen LogP contribution in [0.25, 0.3) is 11.3 Å². The van der Waals surface area contributed by atoms with Crippen LogP contribution in [0.15, 0.2) is 29.6 Å². The summed E-state index contributed by atoms with van der Waals surface area (Å²) < 4.78 is 39.3. The Kier molecular flexibility index (Phi) is 5.39. The van der Waals surface area contributed by atoms with Gasteiger partial charge in [-0.2, -0.15) is 13.2 Å². The molecule has 1 fully saturated rings. The second kappa shape index (κ2) is 7.53. The van der Waals surface area contributed by atoms with Gasteiger partial charge in [0.15, 0.2) is 5.13 Å². The van der Waals surface area contributed by atoms with Gasteiger partial charge in [0, 0.05) is 17.4 Å². The van der Waals surface area contributed by atoms with Crippen LogP contribution in [0.1, 0.15) is 24.8 Å². The number of alkyl halides is 3. The van der Waals surface area contributed by atoms with Crippen molar-refractivity contribution in [1.29, 1.82) is 0 Å². The van der Waals surface area contributed by atoms with Crippen LogP contribution in [0.3, 0.4) is 0 Å². The van der Waals surface area contributed by atoms with Gasteiger partial charge in [0.2, 0.25) is 5.91 Å². The van der Waals surface area contributed by atoms with Crippen molar-refractivity contribution in [2.75, 3.05) is 18.4 Å². The molecular weight excluding hydrogens is 351 g/mol. The van der Waals surface area contributed by atoms with E-state index in [2.05, 4.69) is 15.6 Å². The predicted molar refractivity (Wildman–Crippen MR) is 91.4 cm³/mol. The van der Waals surface area contributed by atoms with Crippen LogP contribution in [-0.2, 0) is 11.0 Å². The zero-order valence-electron chi connectivity index (χ0n) is 13.4. The minimum atomic E-state index is -4.45. The molecule has 0 saturated carbocycles. The van der Waals surface area contributed by atoms with Crippen LogP contribution in [0.5, 0.6) is 0 Å². The number of halogens is 3. The van der Waals surface area contributed by atoms with E-state index in [0.29, 0.717) is 17.5 Å². The van der Waals surface area contributed by atoms with Gasteiger partial charge >= 0.3 is 6.18 Å². The molecule has 1 aliphatic rings. The first kappa shape index (κ1) is 17.9. The molecule has 0 aliphatic carbocycles. The number of rotatable bonds is 5. The maximum atomic E-state index is 13.1. The van der Waals surface area contributed by atoms with Crippen molar-refractivity contribution in [1.82, 2.24) is 10.3 Å². The van der Waals surface area contributed by atoms with Crippen LogP contribution in [-0.4, -0.2) is 24.0 Å². The molecule has 25 heavy (non-hydrogen) atoms. The van der Waals surface area contributed by atoms with Gasteiger partial charge in [-0.15, -0.1) is 11.3 Å². The molecule has 134 valence electrons. The third-order valence-corrected chi connectivity index (χ3v) is 4.96. The van der Waals surface area contributed by atoms with E-state index in [0.717, 1.165) is 43.3 Å². The fraction of sp³-hybridized carbons (Fsp3) is 0.412. The maximum absolute atomic E-state index is 13.1. The Balaban J connectivity index is 1.65. The number of benzene rings is 1. The average Bonchev–Trinajstić information content (AvgIpc) is 3.24. The predicted octanol–water partition coefficient (Wildman–Crippen LogP) is 4.16. The normalized spacial score (nSPS) is 17.6. The lowest BCUT2D eigenvalue weighted by molar-refractivity contribution is -0.137. The number of anilines is 1. The zero-order chi connectivity index (χ0) is 17.9. The highest BCUT2D eigenvalue weighted by Gasteiger charge is 2.33. The highest BCUT2D eigenvalue weighted by molar-refractivity contribution is 7.14. The first-order valence-corrected chi connectivity index (χ1v) is 8.94. The third kappa shape index (κ3) is 4.58. The van der Waals surface area contributed by atoms with Crippen molar-refractivity contribution in [3.8, 4) is 11.3 Å². The number of amides is 1. The largest absolute Gasteiger partial charge is 0.417 e. The van der Waals surface area contributed by atoms with Gasteiger partial charge in [-0.25, -0.2) is 4.98 Å². The minimum Gasteiger partial charge on any atom is -0.316 e. The lowest BCUT2D eigenvalue weighted by Gasteiger charge is -2.10. The van der Waals surface area contributed by atoms with Gasteiger partial charge in [-0.05, 0) is 37.9 Å².